The van der Waals surface area contributed by atoms with Crippen LogP contribution in [0.2, 0.25) is 0 Å². The Bertz CT molecular complexity index is 675. The highest BCUT2D eigenvalue weighted by molar-refractivity contribution is 5.69. The average molecular weight is 508 g/mol. The molecular formula is C31H57NO4. The van der Waals surface area contributed by atoms with Crippen LogP contribution < -0.4 is 5.32 Å². The van der Waals surface area contributed by atoms with Crippen molar-refractivity contribution < 1.29 is 19.1 Å². The number of unbranched alkanes of at least 4 members (excludes halogenated alkanes) is 5. The molecule has 1 heterocycles. The second-order valence-electron chi connectivity index (χ2n) is 14.7. The standard InChI is InChI=1S/C31H57NO4/c1-28(2)18-15-19-29(3,4)21-24(20-28)35-26(33)16-13-11-9-10-12-14-17-27(34)36-25-22-30(5,6)32-31(7,8)23-25/h24-25,32H,9-23H2,1-8H3. The van der Waals surface area contributed by atoms with E-state index in [2.05, 4.69) is 60.7 Å². The molecule has 2 fully saturated rings. The Hall–Kier alpha value is -1.10. The topological polar surface area (TPSA) is 64.6 Å². The maximum atomic E-state index is 12.5. The second-order valence-corrected chi connectivity index (χ2v) is 14.7. The summed E-state index contributed by atoms with van der Waals surface area (Å²) in [7, 11) is 0. The molecule has 5 nitrogen and oxygen atoms in total. The van der Waals surface area contributed by atoms with Gasteiger partial charge in [0.2, 0.25) is 0 Å². The minimum atomic E-state index is -0.0585. The van der Waals surface area contributed by atoms with Crippen LogP contribution in [0.15, 0.2) is 0 Å². The first-order chi connectivity index (χ1) is 16.6. The third-order valence-corrected chi connectivity index (χ3v) is 8.03. The summed E-state index contributed by atoms with van der Waals surface area (Å²) in [4.78, 5) is 24.8. The number of ether oxygens (including phenoxy) is 2. The fraction of sp³-hybridized carbons (Fsp3) is 0.935. The Morgan fingerprint density at radius 1 is 0.611 bits per heavy atom. The predicted molar refractivity (Wildman–Crippen MR) is 148 cm³/mol. The van der Waals surface area contributed by atoms with E-state index >= 15 is 0 Å². The van der Waals surface area contributed by atoms with Gasteiger partial charge in [-0.3, -0.25) is 9.59 Å². The Morgan fingerprint density at radius 2 is 0.972 bits per heavy atom. The van der Waals surface area contributed by atoms with Gasteiger partial charge in [0.05, 0.1) is 0 Å². The third kappa shape index (κ3) is 12.4. The number of piperidine rings is 1. The summed E-state index contributed by atoms with van der Waals surface area (Å²) in [5.74, 6) is -0.0870. The second kappa shape index (κ2) is 13.1. The zero-order valence-electron chi connectivity index (χ0n) is 24.9. The van der Waals surface area contributed by atoms with E-state index in [1.165, 1.54) is 19.3 Å². The van der Waals surface area contributed by atoms with Crippen LogP contribution in [0.5, 0.6) is 0 Å². The summed E-state index contributed by atoms with van der Waals surface area (Å²) in [6, 6.07) is 0. The molecule has 0 aromatic heterocycles. The van der Waals surface area contributed by atoms with Crippen molar-refractivity contribution in [2.75, 3.05) is 0 Å². The zero-order valence-corrected chi connectivity index (χ0v) is 24.9. The molecule has 0 bridgehead atoms. The van der Waals surface area contributed by atoms with Crippen molar-refractivity contribution in [3.8, 4) is 0 Å². The SMILES string of the molecule is CC1(C)CCCC(C)(C)CC(OC(=O)CCCCCCCCC(=O)OC2CC(C)(C)NC(C)(C)C2)C1. The van der Waals surface area contributed by atoms with Crippen molar-refractivity contribution in [3.63, 3.8) is 0 Å². The van der Waals surface area contributed by atoms with E-state index < -0.39 is 0 Å². The summed E-state index contributed by atoms with van der Waals surface area (Å²) < 4.78 is 11.8. The van der Waals surface area contributed by atoms with Crippen LogP contribution in [0.3, 0.4) is 0 Å². The van der Waals surface area contributed by atoms with E-state index in [1.54, 1.807) is 0 Å². The molecule has 0 unspecified atom stereocenters. The maximum absolute atomic E-state index is 12.5. The number of carbonyl (C=O) groups excluding carboxylic acids is 2. The molecule has 36 heavy (non-hydrogen) atoms. The summed E-state index contributed by atoms with van der Waals surface area (Å²) >= 11 is 0. The van der Waals surface area contributed by atoms with E-state index in [0.29, 0.717) is 12.8 Å². The monoisotopic (exact) mass is 507 g/mol. The quantitative estimate of drug-likeness (QED) is 0.227. The molecule has 0 radical (unpaired) electrons. The van der Waals surface area contributed by atoms with Gasteiger partial charge in [0.15, 0.2) is 0 Å². The molecule has 1 aliphatic carbocycles. The van der Waals surface area contributed by atoms with Gasteiger partial charge >= 0.3 is 11.9 Å². The Labute approximate surface area is 222 Å². The first-order valence-corrected chi connectivity index (χ1v) is 14.7. The number of rotatable bonds is 11. The van der Waals surface area contributed by atoms with E-state index in [1.807, 2.05) is 0 Å². The maximum Gasteiger partial charge on any atom is 0.306 e. The fourth-order valence-electron chi connectivity index (χ4n) is 6.69. The zero-order chi connectivity index (χ0) is 27.0. The first kappa shape index (κ1) is 31.1. The first-order valence-electron chi connectivity index (χ1n) is 14.7. The molecule has 0 atom stereocenters. The largest absolute Gasteiger partial charge is 0.462 e. The van der Waals surface area contributed by atoms with Crippen LogP contribution in [-0.4, -0.2) is 35.2 Å². The van der Waals surface area contributed by atoms with Crippen LogP contribution in [0.1, 0.15) is 152 Å². The van der Waals surface area contributed by atoms with Crippen LogP contribution in [0, 0.1) is 10.8 Å². The van der Waals surface area contributed by atoms with Gasteiger partial charge in [-0.1, -0.05) is 59.8 Å². The van der Waals surface area contributed by atoms with E-state index in [-0.39, 0.29) is 46.1 Å². The highest BCUT2D eigenvalue weighted by Gasteiger charge is 2.39. The van der Waals surface area contributed by atoms with Crippen LogP contribution in [-0.2, 0) is 19.1 Å². The smallest absolute Gasteiger partial charge is 0.306 e. The third-order valence-electron chi connectivity index (χ3n) is 8.03. The van der Waals surface area contributed by atoms with Gasteiger partial charge in [-0.15, -0.1) is 0 Å². The van der Waals surface area contributed by atoms with Crippen molar-refractivity contribution >= 4 is 11.9 Å². The molecule has 0 amide bonds. The normalized spacial score (nSPS) is 23.9. The molecule has 0 spiro atoms. The molecule has 0 aromatic rings. The minimum absolute atomic E-state index is 0.00285. The van der Waals surface area contributed by atoms with Gasteiger partial charge in [-0.2, -0.15) is 0 Å². The molecule has 210 valence electrons. The molecule has 2 aliphatic rings. The van der Waals surface area contributed by atoms with Gasteiger partial charge in [0.25, 0.3) is 0 Å². The lowest BCUT2D eigenvalue weighted by molar-refractivity contribution is -0.154. The molecule has 1 N–H and O–H groups in total. The van der Waals surface area contributed by atoms with Gasteiger partial charge in [0, 0.05) is 36.8 Å². The Balaban J connectivity index is 1.55. The van der Waals surface area contributed by atoms with Crippen molar-refractivity contribution in [2.45, 2.75) is 175 Å². The minimum Gasteiger partial charge on any atom is -0.462 e. The molecule has 2 rings (SSSR count). The highest BCUT2D eigenvalue weighted by atomic mass is 16.5. The summed E-state index contributed by atoms with van der Waals surface area (Å²) in [6.45, 7) is 17.9. The lowest BCUT2D eigenvalue weighted by Gasteiger charge is -2.45. The molecule has 5 heteroatoms. The van der Waals surface area contributed by atoms with Gasteiger partial charge in [0.1, 0.15) is 12.2 Å². The predicted octanol–water partition coefficient (Wildman–Crippen LogP) is 7.89. The molecule has 1 aliphatic heterocycles. The molecule has 1 saturated heterocycles. The van der Waals surface area contributed by atoms with E-state index in [0.717, 1.165) is 64.2 Å². The molecule has 1 saturated carbocycles. The Kier molecular flexibility index (Phi) is 11.3. The van der Waals surface area contributed by atoms with Crippen molar-refractivity contribution in [3.05, 3.63) is 0 Å². The van der Waals surface area contributed by atoms with Gasteiger partial charge in [-0.25, -0.2) is 0 Å². The lowest BCUT2D eigenvalue weighted by Crippen LogP contribution is -2.59. The molecule has 0 aromatic carbocycles. The molecular weight excluding hydrogens is 450 g/mol. The van der Waals surface area contributed by atoms with Crippen LogP contribution >= 0.6 is 0 Å². The highest BCUT2D eigenvalue weighted by Crippen LogP contribution is 2.41. The van der Waals surface area contributed by atoms with Crippen molar-refractivity contribution in [1.29, 1.82) is 0 Å². The number of esters is 2. The number of hydrogen-bond donors (Lipinski definition) is 1. The van der Waals surface area contributed by atoms with Crippen molar-refractivity contribution in [2.24, 2.45) is 10.8 Å². The Morgan fingerprint density at radius 3 is 1.39 bits per heavy atom. The number of hydrogen-bond acceptors (Lipinski definition) is 5. The summed E-state index contributed by atoms with van der Waals surface area (Å²) in [6.07, 6.45) is 14.5. The van der Waals surface area contributed by atoms with Gasteiger partial charge in [-0.05, 0) is 77.0 Å². The van der Waals surface area contributed by atoms with Crippen molar-refractivity contribution in [1.82, 2.24) is 5.32 Å². The van der Waals surface area contributed by atoms with Gasteiger partial charge < -0.3 is 14.8 Å². The summed E-state index contributed by atoms with van der Waals surface area (Å²) in [5, 5.41) is 3.63. The van der Waals surface area contributed by atoms with E-state index in [9.17, 15) is 9.59 Å². The lowest BCUT2D eigenvalue weighted by atomic mass is 9.71. The van der Waals surface area contributed by atoms with E-state index in [4.69, 9.17) is 9.47 Å². The number of nitrogens with one attached hydrogen (secondary N) is 1. The number of carbonyl (C=O) groups is 2. The average Bonchev–Trinajstić information content (AvgIpc) is 2.65. The van der Waals surface area contributed by atoms with Crippen LogP contribution in [0.4, 0.5) is 0 Å². The van der Waals surface area contributed by atoms with Crippen LogP contribution in [0.25, 0.3) is 0 Å². The summed E-state index contributed by atoms with van der Waals surface area (Å²) in [5.41, 5.74) is 0.464. The fourth-order valence-corrected chi connectivity index (χ4v) is 6.69.